The number of sulfonamides is 1. The highest BCUT2D eigenvalue weighted by molar-refractivity contribution is 7.92. The second-order valence-corrected chi connectivity index (χ2v) is 12.5. The van der Waals surface area contributed by atoms with Crippen molar-refractivity contribution in [2.45, 2.75) is 63.1 Å². The molecule has 1 atom stereocenters. The fourth-order valence-electron chi connectivity index (χ4n) is 4.90. The minimum Gasteiger partial charge on any atom is -0.494 e. The van der Waals surface area contributed by atoms with Crippen molar-refractivity contribution in [3.05, 3.63) is 89.2 Å². The Bertz CT molecular complexity index is 1460. The van der Waals surface area contributed by atoms with Gasteiger partial charge in [-0.1, -0.05) is 36.6 Å². The summed E-state index contributed by atoms with van der Waals surface area (Å²) in [4.78, 5) is 28.5. The highest BCUT2D eigenvalue weighted by Crippen LogP contribution is 2.27. The van der Waals surface area contributed by atoms with Crippen LogP contribution in [0.15, 0.2) is 77.7 Å². The molecule has 11 heteroatoms. The van der Waals surface area contributed by atoms with Crippen LogP contribution in [0, 0.1) is 5.82 Å². The highest BCUT2D eigenvalue weighted by atomic mass is 35.5. The molecule has 224 valence electrons. The third-order valence-corrected chi connectivity index (χ3v) is 9.29. The van der Waals surface area contributed by atoms with Crippen LogP contribution < -0.4 is 14.4 Å². The van der Waals surface area contributed by atoms with E-state index in [1.54, 1.807) is 55.5 Å². The van der Waals surface area contributed by atoms with E-state index >= 15 is 0 Å². The number of amides is 2. The van der Waals surface area contributed by atoms with Gasteiger partial charge in [-0.2, -0.15) is 0 Å². The number of anilines is 1. The van der Waals surface area contributed by atoms with Crippen LogP contribution in [0.1, 0.15) is 45.1 Å². The van der Waals surface area contributed by atoms with Crippen molar-refractivity contribution in [3.63, 3.8) is 0 Å². The fraction of sp³-hybridized carbons (Fsp3) is 0.355. The molecule has 0 saturated heterocycles. The molecule has 1 N–H and O–H groups in total. The van der Waals surface area contributed by atoms with Gasteiger partial charge in [-0.05, 0) is 92.9 Å². The maximum atomic E-state index is 14.0. The lowest BCUT2D eigenvalue weighted by Crippen LogP contribution is -2.52. The Labute approximate surface area is 251 Å². The van der Waals surface area contributed by atoms with E-state index in [-0.39, 0.29) is 29.1 Å². The lowest BCUT2D eigenvalue weighted by molar-refractivity contribution is -0.139. The largest absolute Gasteiger partial charge is 0.494 e. The molecule has 0 bridgehead atoms. The van der Waals surface area contributed by atoms with E-state index in [9.17, 15) is 22.4 Å². The van der Waals surface area contributed by atoms with Crippen molar-refractivity contribution in [1.82, 2.24) is 10.2 Å². The predicted octanol–water partition coefficient (Wildman–Crippen LogP) is 5.55. The summed E-state index contributed by atoms with van der Waals surface area (Å²) in [5, 5.41) is 3.56. The van der Waals surface area contributed by atoms with E-state index in [4.69, 9.17) is 16.3 Å². The van der Waals surface area contributed by atoms with E-state index in [0.29, 0.717) is 17.4 Å². The molecular weight excluding hydrogens is 581 g/mol. The first kappa shape index (κ1) is 31.3. The average Bonchev–Trinajstić information content (AvgIpc) is 3.49. The standard InChI is InChI=1S/C31H35ClFN3O5S/c1-3-41-28-16-14-27(15-17-28)36(42(39,40)29-18-12-25(33)13-19-29)21-30(37)35(20-23-8-10-24(32)11-9-23)22(2)31(38)34-26-6-4-5-7-26/h8-19,22,26H,3-7,20-21H2,1-2H3,(H,34,38)/t22-/m1/s1. The van der Waals surface area contributed by atoms with Crippen molar-refractivity contribution < 1.29 is 27.1 Å². The van der Waals surface area contributed by atoms with Crippen LogP contribution in [0.2, 0.25) is 5.02 Å². The summed E-state index contributed by atoms with van der Waals surface area (Å²) in [5.74, 6) is -0.945. The Morgan fingerprint density at radius 1 is 1.00 bits per heavy atom. The van der Waals surface area contributed by atoms with Gasteiger partial charge in [-0.25, -0.2) is 12.8 Å². The van der Waals surface area contributed by atoms with Crippen LogP contribution in [0.4, 0.5) is 10.1 Å². The summed E-state index contributed by atoms with van der Waals surface area (Å²) >= 11 is 6.05. The van der Waals surface area contributed by atoms with Crippen molar-refractivity contribution in [3.8, 4) is 5.75 Å². The van der Waals surface area contributed by atoms with E-state index in [1.807, 2.05) is 6.92 Å². The molecule has 0 radical (unpaired) electrons. The first-order chi connectivity index (χ1) is 20.1. The quantitative estimate of drug-likeness (QED) is 0.288. The lowest BCUT2D eigenvalue weighted by Gasteiger charge is -2.32. The molecule has 8 nitrogen and oxygen atoms in total. The normalized spacial score (nSPS) is 14.3. The minimum absolute atomic E-state index is 0.0478. The van der Waals surface area contributed by atoms with Gasteiger partial charge in [0.2, 0.25) is 11.8 Å². The molecule has 0 spiro atoms. The van der Waals surface area contributed by atoms with Gasteiger partial charge < -0.3 is 15.0 Å². The number of benzene rings is 3. The Morgan fingerprint density at radius 3 is 2.21 bits per heavy atom. The summed E-state index contributed by atoms with van der Waals surface area (Å²) in [6, 6.07) is 16.8. The number of hydrogen-bond acceptors (Lipinski definition) is 5. The maximum absolute atomic E-state index is 14.0. The zero-order valence-electron chi connectivity index (χ0n) is 23.6. The molecule has 1 aliphatic rings. The summed E-state index contributed by atoms with van der Waals surface area (Å²) < 4.78 is 47.8. The number of nitrogens with zero attached hydrogens (tertiary/aromatic N) is 2. The van der Waals surface area contributed by atoms with Crippen molar-refractivity contribution in [1.29, 1.82) is 0 Å². The zero-order valence-corrected chi connectivity index (χ0v) is 25.2. The van der Waals surface area contributed by atoms with Crippen LogP contribution in [0.25, 0.3) is 0 Å². The second kappa shape index (κ2) is 14.0. The maximum Gasteiger partial charge on any atom is 0.264 e. The summed E-state index contributed by atoms with van der Waals surface area (Å²) in [6.45, 7) is 3.35. The molecule has 1 saturated carbocycles. The number of carbonyl (C=O) groups is 2. The SMILES string of the molecule is CCOc1ccc(N(CC(=O)N(Cc2ccc(Cl)cc2)[C@H](C)C(=O)NC2CCCC2)S(=O)(=O)c2ccc(F)cc2)cc1. The average molecular weight is 616 g/mol. The van der Waals surface area contributed by atoms with Gasteiger partial charge in [-0.15, -0.1) is 0 Å². The predicted molar refractivity (Wildman–Crippen MR) is 160 cm³/mol. The first-order valence-corrected chi connectivity index (χ1v) is 15.8. The van der Waals surface area contributed by atoms with Gasteiger partial charge in [0.15, 0.2) is 0 Å². The van der Waals surface area contributed by atoms with Crippen molar-refractivity contribution in [2.24, 2.45) is 0 Å². The Hall–Kier alpha value is -3.63. The summed E-state index contributed by atoms with van der Waals surface area (Å²) in [5.41, 5.74) is 0.938. The van der Waals surface area contributed by atoms with Crippen molar-refractivity contribution in [2.75, 3.05) is 17.5 Å². The summed E-state index contributed by atoms with van der Waals surface area (Å²) in [6.07, 6.45) is 3.83. The molecular formula is C31H35ClFN3O5S. The molecule has 0 aliphatic heterocycles. The number of halogens is 2. The molecule has 0 aromatic heterocycles. The van der Waals surface area contributed by atoms with E-state index in [2.05, 4.69) is 5.32 Å². The third-order valence-electron chi connectivity index (χ3n) is 7.25. The molecule has 0 heterocycles. The number of ether oxygens (including phenoxy) is 1. The van der Waals surface area contributed by atoms with E-state index < -0.39 is 34.3 Å². The molecule has 1 fully saturated rings. The molecule has 3 aromatic rings. The molecule has 42 heavy (non-hydrogen) atoms. The van der Waals surface area contributed by atoms with E-state index in [1.165, 1.54) is 4.90 Å². The Morgan fingerprint density at radius 2 is 1.62 bits per heavy atom. The van der Waals surface area contributed by atoms with Gasteiger partial charge in [-0.3, -0.25) is 13.9 Å². The molecule has 0 unspecified atom stereocenters. The van der Waals surface area contributed by atoms with Gasteiger partial charge in [0.05, 0.1) is 17.2 Å². The van der Waals surface area contributed by atoms with Gasteiger partial charge in [0, 0.05) is 17.6 Å². The number of rotatable bonds is 12. The van der Waals surface area contributed by atoms with E-state index in [0.717, 1.165) is 59.8 Å². The molecule has 2 amide bonds. The third kappa shape index (κ3) is 7.80. The Kier molecular flexibility index (Phi) is 10.5. The molecule has 4 rings (SSSR count). The smallest absolute Gasteiger partial charge is 0.264 e. The fourth-order valence-corrected chi connectivity index (χ4v) is 6.44. The minimum atomic E-state index is -4.31. The second-order valence-electron chi connectivity index (χ2n) is 10.2. The monoisotopic (exact) mass is 615 g/mol. The zero-order chi connectivity index (χ0) is 30.3. The van der Waals surface area contributed by atoms with Crippen molar-refractivity contribution >= 4 is 39.1 Å². The van der Waals surface area contributed by atoms with Gasteiger partial charge in [0.1, 0.15) is 24.2 Å². The number of carbonyl (C=O) groups excluding carboxylic acids is 2. The Balaban J connectivity index is 1.68. The number of nitrogens with one attached hydrogen (secondary N) is 1. The summed E-state index contributed by atoms with van der Waals surface area (Å²) in [7, 11) is -4.31. The highest BCUT2D eigenvalue weighted by Gasteiger charge is 2.33. The van der Waals surface area contributed by atoms with Crippen LogP contribution >= 0.6 is 11.6 Å². The van der Waals surface area contributed by atoms with Crippen LogP contribution in [-0.4, -0.2) is 50.4 Å². The van der Waals surface area contributed by atoms with Crippen LogP contribution in [0.3, 0.4) is 0 Å². The first-order valence-electron chi connectivity index (χ1n) is 13.9. The van der Waals surface area contributed by atoms with Crippen LogP contribution in [-0.2, 0) is 26.2 Å². The molecule has 3 aromatic carbocycles. The molecule has 1 aliphatic carbocycles. The van der Waals surface area contributed by atoms with Gasteiger partial charge in [0.25, 0.3) is 10.0 Å². The number of hydrogen-bond donors (Lipinski definition) is 1. The lowest BCUT2D eigenvalue weighted by atomic mass is 10.1. The van der Waals surface area contributed by atoms with Gasteiger partial charge >= 0.3 is 0 Å². The topological polar surface area (TPSA) is 96.0 Å². The van der Waals surface area contributed by atoms with Crippen LogP contribution in [0.5, 0.6) is 5.75 Å².